The van der Waals surface area contributed by atoms with Crippen molar-refractivity contribution in [1.29, 1.82) is 0 Å². The van der Waals surface area contributed by atoms with Crippen molar-refractivity contribution in [2.45, 2.75) is 46.5 Å². The molecule has 2 N–H and O–H groups in total. The maximum Gasteiger partial charge on any atom is 0.0363 e. The third kappa shape index (κ3) is 6.65. The number of benzene rings is 1. The van der Waals surface area contributed by atoms with Gasteiger partial charge in [0.2, 0.25) is 0 Å². The number of rotatable bonds is 7. The van der Waals surface area contributed by atoms with Gasteiger partial charge >= 0.3 is 0 Å². The number of hydrogen-bond donors (Lipinski definition) is 1. The Morgan fingerprint density at radius 2 is 1.67 bits per heavy atom. The average Bonchev–Trinajstić information content (AvgIpc) is 2.45. The van der Waals surface area contributed by atoms with Crippen molar-refractivity contribution in [2.24, 2.45) is 5.73 Å². The van der Waals surface area contributed by atoms with Gasteiger partial charge in [0.05, 0.1) is 0 Å². The van der Waals surface area contributed by atoms with E-state index < -0.39 is 0 Å². The molecule has 2 nitrogen and oxygen atoms in total. The van der Waals surface area contributed by atoms with Gasteiger partial charge in [0.1, 0.15) is 0 Å². The van der Waals surface area contributed by atoms with Crippen LogP contribution in [0.1, 0.15) is 45.6 Å². The van der Waals surface area contributed by atoms with Crippen molar-refractivity contribution in [3.05, 3.63) is 29.8 Å². The van der Waals surface area contributed by atoms with E-state index in [4.69, 9.17) is 5.73 Å². The highest BCUT2D eigenvalue weighted by atomic mass is 15.1. The molecule has 0 radical (unpaired) electrons. The summed E-state index contributed by atoms with van der Waals surface area (Å²) in [5, 5.41) is 0. The van der Waals surface area contributed by atoms with E-state index in [9.17, 15) is 0 Å². The first kappa shape index (κ1) is 17.0. The number of unbranched alkanes of at least 4 members (excludes halogenated alkanes) is 1. The van der Waals surface area contributed by atoms with Crippen LogP contribution in [-0.2, 0) is 6.42 Å². The summed E-state index contributed by atoms with van der Waals surface area (Å²) in [6.45, 7) is 8.03. The van der Waals surface area contributed by atoms with E-state index >= 15 is 0 Å². The van der Waals surface area contributed by atoms with Gasteiger partial charge in [0.15, 0.2) is 0 Å². The van der Waals surface area contributed by atoms with Gasteiger partial charge in [-0.2, -0.15) is 0 Å². The summed E-state index contributed by atoms with van der Waals surface area (Å²) in [7, 11) is 2.12. The Bertz CT molecular complexity index is 280. The lowest BCUT2D eigenvalue weighted by molar-refractivity contribution is 0.789. The summed E-state index contributed by atoms with van der Waals surface area (Å²) in [6.07, 6.45) is 4.79. The molecule has 0 amide bonds. The predicted octanol–water partition coefficient (Wildman–Crippen LogP) is 3.84. The van der Waals surface area contributed by atoms with Crippen LogP contribution < -0.4 is 10.6 Å². The second-order valence-electron chi connectivity index (χ2n) is 4.33. The summed E-state index contributed by atoms with van der Waals surface area (Å²) >= 11 is 0. The molecular weight excluding hydrogens is 220 g/mol. The molecule has 0 saturated heterocycles. The monoisotopic (exact) mass is 250 g/mol. The number of anilines is 1. The van der Waals surface area contributed by atoms with Crippen molar-refractivity contribution in [3.8, 4) is 0 Å². The van der Waals surface area contributed by atoms with Crippen LogP contribution in [0.25, 0.3) is 0 Å². The topological polar surface area (TPSA) is 29.3 Å². The molecule has 2 heteroatoms. The van der Waals surface area contributed by atoms with Crippen molar-refractivity contribution in [2.75, 3.05) is 25.0 Å². The summed E-state index contributed by atoms with van der Waals surface area (Å²) in [6, 6.07) is 8.90. The summed E-state index contributed by atoms with van der Waals surface area (Å²) in [5.41, 5.74) is 8.24. The summed E-state index contributed by atoms with van der Waals surface area (Å²) < 4.78 is 0. The van der Waals surface area contributed by atoms with E-state index in [1.165, 1.54) is 30.5 Å². The molecule has 0 spiro atoms. The lowest BCUT2D eigenvalue weighted by Gasteiger charge is -2.19. The third-order valence-electron chi connectivity index (χ3n) is 2.89. The molecule has 1 aromatic rings. The zero-order chi connectivity index (χ0) is 13.8. The van der Waals surface area contributed by atoms with Crippen LogP contribution in [0.5, 0.6) is 0 Å². The van der Waals surface area contributed by atoms with Crippen LogP contribution in [-0.4, -0.2) is 20.1 Å². The molecular formula is C16H30N2. The number of nitrogens with two attached hydrogens (primary N) is 1. The van der Waals surface area contributed by atoms with Crippen molar-refractivity contribution in [1.82, 2.24) is 0 Å². The second-order valence-corrected chi connectivity index (χ2v) is 4.33. The first-order chi connectivity index (χ1) is 8.77. The number of aryl methyl sites for hydroxylation is 1. The third-order valence-corrected chi connectivity index (χ3v) is 2.89. The van der Waals surface area contributed by atoms with E-state index in [0.717, 1.165) is 19.5 Å². The molecule has 0 fully saturated rings. The Balaban J connectivity index is 0.00000137. The lowest BCUT2D eigenvalue weighted by atomic mass is 10.1. The fraction of sp³-hybridized carbons (Fsp3) is 0.625. The molecule has 104 valence electrons. The Kier molecular flexibility index (Phi) is 10.5. The average molecular weight is 250 g/mol. The molecule has 0 saturated carbocycles. The van der Waals surface area contributed by atoms with Crippen LogP contribution in [0.4, 0.5) is 5.69 Å². The Morgan fingerprint density at radius 3 is 2.17 bits per heavy atom. The van der Waals surface area contributed by atoms with Gasteiger partial charge in [0, 0.05) is 19.3 Å². The SMILES string of the molecule is CC.CCCCc1ccc(N(C)CCCN)cc1. The molecule has 0 heterocycles. The minimum atomic E-state index is 0.763. The maximum absolute atomic E-state index is 5.51. The molecule has 0 aliphatic carbocycles. The molecule has 0 aromatic heterocycles. The Hall–Kier alpha value is -1.02. The first-order valence-electron chi connectivity index (χ1n) is 7.28. The van der Waals surface area contributed by atoms with E-state index in [1.54, 1.807) is 0 Å². The van der Waals surface area contributed by atoms with Crippen LogP contribution >= 0.6 is 0 Å². The fourth-order valence-electron chi connectivity index (χ4n) is 1.76. The Labute approximate surface area is 113 Å². The van der Waals surface area contributed by atoms with E-state index in [-0.39, 0.29) is 0 Å². The highest BCUT2D eigenvalue weighted by Gasteiger charge is 1.99. The molecule has 1 rings (SSSR count). The van der Waals surface area contributed by atoms with Gasteiger partial charge in [-0.05, 0) is 43.5 Å². The van der Waals surface area contributed by atoms with Crippen LogP contribution in [0.3, 0.4) is 0 Å². The van der Waals surface area contributed by atoms with Crippen LogP contribution in [0, 0.1) is 0 Å². The van der Waals surface area contributed by atoms with Crippen LogP contribution in [0.2, 0.25) is 0 Å². The molecule has 1 aromatic carbocycles. The van der Waals surface area contributed by atoms with E-state index in [0.29, 0.717) is 0 Å². The van der Waals surface area contributed by atoms with E-state index in [1.807, 2.05) is 13.8 Å². The maximum atomic E-state index is 5.51. The second kappa shape index (κ2) is 11.1. The summed E-state index contributed by atoms with van der Waals surface area (Å²) in [5.74, 6) is 0. The molecule has 18 heavy (non-hydrogen) atoms. The quantitative estimate of drug-likeness (QED) is 0.796. The highest BCUT2D eigenvalue weighted by Crippen LogP contribution is 2.15. The predicted molar refractivity (Wildman–Crippen MR) is 83.3 cm³/mol. The smallest absolute Gasteiger partial charge is 0.0363 e. The van der Waals surface area contributed by atoms with Gasteiger partial charge in [-0.25, -0.2) is 0 Å². The Morgan fingerprint density at radius 1 is 1.06 bits per heavy atom. The normalized spacial score (nSPS) is 9.61. The van der Waals surface area contributed by atoms with Crippen molar-refractivity contribution >= 4 is 5.69 Å². The van der Waals surface area contributed by atoms with Gasteiger partial charge in [0.25, 0.3) is 0 Å². The zero-order valence-corrected chi connectivity index (χ0v) is 12.6. The largest absolute Gasteiger partial charge is 0.375 e. The number of nitrogens with zero attached hydrogens (tertiary/aromatic N) is 1. The molecule has 0 aliphatic heterocycles. The number of hydrogen-bond acceptors (Lipinski definition) is 2. The van der Waals surface area contributed by atoms with Crippen LogP contribution in [0.15, 0.2) is 24.3 Å². The van der Waals surface area contributed by atoms with Gasteiger partial charge in [-0.1, -0.05) is 39.3 Å². The van der Waals surface area contributed by atoms with E-state index in [2.05, 4.69) is 43.1 Å². The van der Waals surface area contributed by atoms with Gasteiger partial charge < -0.3 is 10.6 Å². The minimum Gasteiger partial charge on any atom is -0.375 e. The van der Waals surface area contributed by atoms with Gasteiger partial charge in [-0.3, -0.25) is 0 Å². The van der Waals surface area contributed by atoms with Crippen molar-refractivity contribution < 1.29 is 0 Å². The minimum absolute atomic E-state index is 0.763. The molecule has 0 atom stereocenters. The first-order valence-corrected chi connectivity index (χ1v) is 7.28. The molecule has 0 aliphatic rings. The highest BCUT2D eigenvalue weighted by molar-refractivity contribution is 5.46. The standard InChI is InChI=1S/C14H24N2.C2H6/c1-3-4-6-13-7-9-14(10-8-13)16(2)12-5-11-15;1-2/h7-10H,3-6,11-12,15H2,1-2H3;1-2H3. The summed E-state index contributed by atoms with van der Waals surface area (Å²) in [4.78, 5) is 2.26. The zero-order valence-electron chi connectivity index (χ0n) is 12.6. The molecule has 0 unspecified atom stereocenters. The molecule has 0 bridgehead atoms. The lowest BCUT2D eigenvalue weighted by Crippen LogP contribution is -2.20. The fourth-order valence-corrected chi connectivity index (χ4v) is 1.76. The van der Waals surface area contributed by atoms with Crippen molar-refractivity contribution in [3.63, 3.8) is 0 Å². The van der Waals surface area contributed by atoms with Gasteiger partial charge in [-0.15, -0.1) is 0 Å².